The molecule has 20 heavy (non-hydrogen) atoms. The molecular weight excluding hydrogens is 255 g/mol. The summed E-state index contributed by atoms with van der Waals surface area (Å²) in [5.41, 5.74) is 1.95. The van der Waals surface area contributed by atoms with Gasteiger partial charge in [-0.25, -0.2) is 4.39 Å². The van der Waals surface area contributed by atoms with Gasteiger partial charge >= 0.3 is 0 Å². The summed E-state index contributed by atoms with van der Waals surface area (Å²) in [6, 6.07) is 6.00. The molecule has 1 atom stereocenters. The molecule has 0 spiro atoms. The predicted octanol–water partition coefficient (Wildman–Crippen LogP) is 2.46. The lowest BCUT2D eigenvalue weighted by Crippen LogP contribution is -2.27. The van der Waals surface area contributed by atoms with E-state index in [0.29, 0.717) is 12.5 Å². The second-order valence-electron chi connectivity index (χ2n) is 5.80. The van der Waals surface area contributed by atoms with Gasteiger partial charge in [-0.3, -0.25) is 4.79 Å². The number of amides is 1. The number of benzene rings is 1. The lowest BCUT2D eigenvalue weighted by atomic mass is 10.1. The van der Waals surface area contributed by atoms with Gasteiger partial charge in [0.15, 0.2) is 0 Å². The van der Waals surface area contributed by atoms with Gasteiger partial charge in [0, 0.05) is 18.5 Å². The molecule has 0 bridgehead atoms. The number of nitrogens with one attached hydrogen (secondary N) is 2. The van der Waals surface area contributed by atoms with E-state index in [1.807, 2.05) is 6.07 Å². The third-order valence-electron chi connectivity index (χ3n) is 4.13. The molecule has 0 radical (unpaired) electrons. The molecule has 1 saturated carbocycles. The fraction of sp³-hybridized carbons (Fsp3) is 0.562. The lowest BCUT2D eigenvalue weighted by Gasteiger charge is -2.14. The predicted molar refractivity (Wildman–Crippen MR) is 75.9 cm³/mol. The minimum atomic E-state index is -0.0874. The van der Waals surface area contributed by atoms with Crippen LogP contribution in [0, 0.1) is 5.82 Å². The van der Waals surface area contributed by atoms with Crippen molar-refractivity contribution in [3.63, 3.8) is 0 Å². The average molecular weight is 276 g/mol. The van der Waals surface area contributed by atoms with Crippen LogP contribution in [0.1, 0.15) is 49.3 Å². The molecule has 0 heterocycles. The van der Waals surface area contributed by atoms with E-state index in [1.165, 1.54) is 6.07 Å². The highest BCUT2D eigenvalue weighted by Crippen LogP contribution is 2.32. The first-order valence-electron chi connectivity index (χ1n) is 7.54. The maximum atomic E-state index is 13.6. The Morgan fingerprint density at radius 1 is 1.30 bits per heavy atom. The van der Waals surface area contributed by atoms with Gasteiger partial charge in [-0.1, -0.05) is 12.1 Å². The van der Waals surface area contributed by atoms with Crippen molar-refractivity contribution in [3.8, 4) is 0 Å². The van der Waals surface area contributed by atoms with Crippen molar-refractivity contribution in [2.45, 2.75) is 50.6 Å². The summed E-state index contributed by atoms with van der Waals surface area (Å²) in [6.45, 7) is 0.804. The van der Waals surface area contributed by atoms with E-state index in [1.54, 1.807) is 6.07 Å². The molecule has 1 aromatic rings. The summed E-state index contributed by atoms with van der Waals surface area (Å²) in [5, 5.41) is 6.43. The van der Waals surface area contributed by atoms with Gasteiger partial charge in [-0.15, -0.1) is 0 Å². The number of hydrogen-bond donors (Lipinski definition) is 2. The summed E-state index contributed by atoms with van der Waals surface area (Å²) >= 11 is 0. The molecule has 1 unspecified atom stereocenters. The average Bonchev–Trinajstić information content (AvgIpc) is 3.14. The van der Waals surface area contributed by atoms with Gasteiger partial charge in [-0.05, 0) is 55.8 Å². The van der Waals surface area contributed by atoms with E-state index in [9.17, 15) is 9.18 Å². The molecule has 3 nitrogen and oxygen atoms in total. The molecule has 0 saturated heterocycles. The molecule has 1 aromatic carbocycles. The van der Waals surface area contributed by atoms with E-state index < -0.39 is 0 Å². The molecule has 3 rings (SSSR count). The number of hydrogen-bond acceptors (Lipinski definition) is 2. The van der Waals surface area contributed by atoms with E-state index in [2.05, 4.69) is 10.6 Å². The molecule has 0 aromatic heterocycles. The molecule has 0 aliphatic heterocycles. The number of carbonyl (C=O) groups is 1. The highest BCUT2D eigenvalue weighted by molar-refractivity contribution is 5.76. The van der Waals surface area contributed by atoms with Crippen molar-refractivity contribution < 1.29 is 9.18 Å². The summed E-state index contributed by atoms with van der Waals surface area (Å²) in [6.07, 6.45) is 5.43. The van der Waals surface area contributed by atoms with Gasteiger partial charge in [0.05, 0.1) is 0 Å². The summed E-state index contributed by atoms with van der Waals surface area (Å²) < 4.78 is 13.6. The Labute approximate surface area is 118 Å². The van der Waals surface area contributed by atoms with Crippen LogP contribution in [0.4, 0.5) is 4.39 Å². The van der Waals surface area contributed by atoms with E-state index >= 15 is 0 Å². The van der Waals surface area contributed by atoms with Crippen LogP contribution < -0.4 is 10.6 Å². The lowest BCUT2D eigenvalue weighted by molar-refractivity contribution is -0.121. The standard InChI is InChI=1S/C16H21FN2O/c17-14-4-1-3-13-12(14)8-9-15(13)18-10-2-5-16(20)19-11-6-7-11/h1,3-4,11,15,18H,2,5-10H2,(H,19,20). The molecule has 1 fully saturated rings. The Balaban J connectivity index is 1.41. The van der Waals surface area contributed by atoms with Gasteiger partial charge in [0.1, 0.15) is 5.82 Å². The molecule has 2 aliphatic carbocycles. The number of rotatable bonds is 6. The zero-order chi connectivity index (χ0) is 13.9. The second-order valence-corrected chi connectivity index (χ2v) is 5.80. The maximum absolute atomic E-state index is 13.6. The highest BCUT2D eigenvalue weighted by Gasteiger charge is 2.25. The van der Waals surface area contributed by atoms with Crippen molar-refractivity contribution in [2.75, 3.05) is 6.54 Å². The van der Waals surface area contributed by atoms with E-state index in [0.717, 1.165) is 49.8 Å². The van der Waals surface area contributed by atoms with Gasteiger partial charge < -0.3 is 10.6 Å². The van der Waals surface area contributed by atoms with Crippen LogP contribution in [0.25, 0.3) is 0 Å². The van der Waals surface area contributed by atoms with Crippen molar-refractivity contribution in [2.24, 2.45) is 0 Å². The Morgan fingerprint density at radius 3 is 2.95 bits per heavy atom. The topological polar surface area (TPSA) is 41.1 Å². The maximum Gasteiger partial charge on any atom is 0.220 e. The zero-order valence-electron chi connectivity index (χ0n) is 11.6. The first-order valence-corrected chi connectivity index (χ1v) is 7.54. The van der Waals surface area contributed by atoms with Crippen LogP contribution >= 0.6 is 0 Å². The monoisotopic (exact) mass is 276 g/mol. The molecule has 2 N–H and O–H groups in total. The second kappa shape index (κ2) is 5.92. The molecule has 4 heteroatoms. The smallest absolute Gasteiger partial charge is 0.220 e. The fourth-order valence-electron chi connectivity index (χ4n) is 2.87. The first kappa shape index (κ1) is 13.6. The minimum Gasteiger partial charge on any atom is -0.353 e. The summed E-state index contributed by atoms with van der Waals surface area (Å²) in [7, 11) is 0. The third kappa shape index (κ3) is 3.18. The Morgan fingerprint density at radius 2 is 2.15 bits per heavy atom. The first-order chi connectivity index (χ1) is 9.74. The van der Waals surface area contributed by atoms with Crippen molar-refractivity contribution in [3.05, 3.63) is 35.1 Å². The molecule has 1 amide bonds. The number of halogens is 1. The normalized spacial score (nSPS) is 20.8. The fourth-order valence-corrected chi connectivity index (χ4v) is 2.87. The Hall–Kier alpha value is -1.42. The third-order valence-corrected chi connectivity index (χ3v) is 4.13. The van der Waals surface area contributed by atoms with Gasteiger partial charge in [-0.2, -0.15) is 0 Å². The molecule has 108 valence electrons. The largest absolute Gasteiger partial charge is 0.353 e. The van der Waals surface area contributed by atoms with Gasteiger partial charge in [0.25, 0.3) is 0 Å². The number of carbonyl (C=O) groups excluding carboxylic acids is 1. The quantitative estimate of drug-likeness (QED) is 0.784. The van der Waals surface area contributed by atoms with Crippen LogP contribution in [0.3, 0.4) is 0 Å². The van der Waals surface area contributed by atoms with Crippen molar-refractivity contribution in [1.82, 2.24) is 10.6 Å². The number of fused-ring (bicyclic) bond motifs is 1. The summed E-state index contributed by atoms with van der Waals surface area (Å²) in [4.78, 5) is 11.5. The Kier molecular flexibility index (Phi) is 4.01. The summed E-state index contributed by atoms with van der Waals surface area (Å²) in [5.74, 6) is 0.0720. The van der Waals surface area contributed by atoms with Crippen LogP contribution in [-0.2, 0) is 11.2 Å². The zero-order valence-corrected chi connectivity index (χ0v) is 11.6. The van der Waals surface area contributed by atoms with E-state index in [-0.39, 0.29) is 17.8 Å². The van der Waals surface area contributed by atoms with Crippen LogP contribution in [0.5, 0.6) is 0 Å². The van der Waals surface area contributed by atoms with Crippen LogP contribution in [0.15, 0.2) is 18.2 Å². The molecular formula is C16H21FN2O. The minimum absolute atomic E-state index is 0.0874. The molecule has 2 aliphatic rings. The van der Waals surface area contributed by atoms with Crippen LogP contribution in [-0.4, -0.2) is 18.5 Å². The SMILES string of the molecule is O=C(CCCNC1CCc2c(F)cccc21)NC1CC1. The van der Waals surface area contributed by atoms with Crippen LogP contribution in [0.2, 0.25) is 0 Å². The van der Waals surface area contributed by atoms with Gasteiger partial charge in [0.2, 0.25) is 5.91 Å². The van der Waals surface area contributed by atoms with Crippen molar-refractivity contribution in [1.29, 1.82) is 0 Å². The Bertz CT molecular complexity index is 499. The highest BCUT2D eigenvalue weighted by atomic mass is 19.1. The van der Waals surface area contributed by atoms with E-state index in [4.69, 9.17) is 0 Å². The van der Waals surface area contributed by atoms with Crippen molar-refractivity contribution >= 4 is 5.91 Å².